The molecular weight excluding hydrogens is 374 g/mol. The number of hydrogen-bond acceptors (Lipinski definition) is 7. The third kappa shape index (κ3) is 6.16. The molecule has 1 N–H and O–H groups in total. The molecule has 134 valence electrons. The molecule has 0 fully saturated rings. The summed E-state index contributed by atoms with van der Waals surface area (Å²) in [5, 5.41) is 0. The van der Waals surface area contributed by atoms with Gasteiger partial charge in [-0.3, -0.25) is 4.89 Å². The Kier molecular flexibility index (Phi) is 8.33. The number of esters is 2. The van der Waals surface area contributed by atoms with E-state index in [-0.39, 0.29) is 53.6 Å². The molecule has 0 saturated heterocycles. The van der Waals surface area contributed by atoms with Gasteiger partial charge in [-0.05, 0) is 48.5 Å². The van der Waals surface area contributed by atoms with Gasteiger partial charge in [-0.25, -0.2) is 14.2 Å². The molecule has 0 unspecified atom stereocenters. The van der Waals surface area contributed by atoms with Crippen molar-refractivity contribution in [3.8, 4) is 11.5 Å². The summed E-state index contributed by atoms with van der Waals surface area (Å²) in [5.74, 6) is -1.02. The second-order valence-electron chi connectivity index (χ2n) is 4.68. The van der Waals surface area contributed by atoms with E-state index in [0.29, 0.717) is 0 Å². The molecule has 0 heterocycles. The summed E-state index contributed by atoms with van der Waals surface area (Å²) >= 11 is 0. The van der Waals surface area contributed by atoms with Gasteiger partial charge in [0.25, 0.3) is 0 Å². The quantitative estimate of drug-likeness (QED) is 0.415. The summed E-state index contributed by atoms with van der Waals surface area (Å²) in [7, 11) is -1.97. The summed E-state index contributed by atoms with van der Waals surface area (Å²) in [4.78, 5) is 32.4. The molecule has 0 spiro atoms. The van der Waals surface area contributed by atoms with E-state index in [1.54, 1.807) is 0 Å². The topological polar surface area (TPSA) is 108 Å². The molecule has 8 nitrogen and oxygen atoms in total. The van der Waals surface area contributed by atoms with Crippen LogP contribution in [0.3, 0.4) is 0 Å². The van der Waals surface area contributed by atoms with Crippen molar-refractivity contribution < 1.29 is 68.6 Å². The van der Waals surface area contributed by atoms with Crippen molar-refractivity contribution in [2.45, 2.75) is 0 Å². The maximum atomic E-state index is 12.0. The molecule has 0 bridgehead atoms. The third-order valence-electron chi connectivity index (χ3n) is 2.99. The zero-order valence-electron chi connectivity index (χ0n) is 15.4. The number of phosphoric ester groups is 1. The SMILES string of the molecule is COC(=O)c1ccc(OP(=O)(O)Oc2ccc(C(=O)OC)cc2)cc1.[H-].[Na+]. The normalized spacial score (nSPS) is 10.3. The summed E-state index contributed by atoms with van der Waals surface area (Å²) in [6, 6.07) is 10.9. The van der Waals surface area contributed by atoms with Gasteiger partial charge >= 0.3 is 49.3 Å². The fourth-order valence-electron chi connectivity index (χ4n) is 1.82. The van der Waals surface area contributed by atoms with Crippen molar-refractivity contribution in [3.05, 3.63) is 59.7 Å². The fourth-order valence-corrected chi connectivity index (χ4v) is 2.64. The van der Waals surface area contributed by atoms with Gasteiger partial charge in [0.2, 0.25) is 0 Å². The van der Waals surface area contributed by atoms with Crippen LogP contribution in [-0.4, -0.2) is 31.1 Å². The summed E-state index contributed by atoms with van der Waals surface area (Å²) in [6.07, 6.45) is 0. The number of carbonyl (C=O) groups excluding carboxylic acids is 2. The molecule has 2 aromatic carbocycles. The molecule has 0 aliphatic carbocycles. The maximum Gasteiger partial charge on any atom is 1.00 e. The van der Waals surface area contributed by atoms with E-state index in [1.165, 1.54) is 62.8 Å². The van der Waals surface area contributed by atoms with Crippen LogP contribution in [0.5, 0.6) is 11.5 Å². The Hall–Kier alpha value is -1.83. The number of ether oxygens (including phenoxy) is 2. The van der Waals surface area contributed by atoms with Crippen LogP contribution in [0.1, 0.15) is 22.1 Å². The molecule has 0 aromatic heterocycles. The van der Waals surface area contributed by atoms with Crippen molar-refractivity contribution in [2.75, 3.05) is 14.2 Å². The summed E-state index contributed by atoms with van der Waals surface area (Å²) in [6.45, 7) is 0. The first-order chi connectivity index (χ1) is 11.8. The van der Waals surface area contributed by atoms with Crippen LogP contribution in [0.15, 0.2) is 48.5 Å². The molecule has 2 aromatic rings. The number of benzene rings is 2. The number of methoxy groups -OCH3 is 2. The van der Waals surface area contributed by atoms with Crippen LogP contribution < -0.4 is 38.6 Å². The predicted octanol–water partition coefficient (Wildman–Crippen LogP) is -0.0655. The zero-order valence-corrected chi connectivity index (χ0v) is 17.3. The van der Waals surface area contributed by atoms with Gasteiger partial charge < -0.3 is 19.9 Å². The van der Waals surface area contributed by atoms with Gasteiger partial charge in [-0.1, -0.05) is 0 Å². The Balaban J connectivity index is 0.00000338. The standard InChI is InChI=1S/C16H15O8P.Na.H/c1-21-15(17)11-3-7-13(8-4-11)23-25(19,20)24-14-9-5-12(6-10-14)16(18)22-2;;/h3-10H,1-2H3,(H,19,20);;/q;+1;-1. The average molecular weight is 390 g/mol. The van der Waals surface area contributed by atoms with E-state index in [0.717, 1.165) is 0 Å². The Morgan fingerprint density at radius 3 is 1.38 bits per heavy atom. The van der Waals surface area contributed by atoms with Crippen molar-refractivity contribution in [1.82, 2.24) is 0 Å². The molecule has 0 aliphatic heterocycles. The van der Waals surface area contributed by atoms with Crippen molar-refractivity contribution >= 4 is 19.8 Å². The number of hydrogen-bond donors (Lipinski definition) is 1. The molecule has 2 rings (SSSR count). The Bertz CT molecular complexity index is 745. The van der Waals surface area contributed by atoms with Gasteiger partial charge in [0.15, 0.2) is 0 Å². The number of rotatable bonds is 6. The monoisotopic (exact) mass is 390 g/mol. The third-order valence-corrected chi connectivity index (χ3v) is 3.88. The zero-order chi connectivity index (χ0) is 18.4. The van der Waals surface area contributed by atoms with Gasteiger partial charge in [0.1, 0.15) is 11.5 Å². The van der Waals surface area contributed by atoms with E-state index in [1.807, 2.05) is 0 Å². The minimum atomic E-state index is -4.46. The van der Waals surface area contributed by atoms with E-state index < -0.39 is 19.8 Å². The van der Waals surface area contributed by atoms with E-state index in [2.05, 4.69) is 9.47 Å². The second-order valence-corrected chi connectivity index (χ2v) is 5.99. The smallest absolute Gasteiger partial charge is 1.00 e. The molecule has 26 heavy (non-hydrogen) atoms. The first-order valence-electron chi connectivity index (χ1n) is 6.93. The fraction of sp³-hybridized carbons (Fsp3) is 0.125. The minimum absolute atomic E-state index is 0. The molecule has 0 aliphatic rings. The Morgan fingerprint density at radius 2 is 1.12 bits per heavy atom. The van der Waals surface area contributed by atoms with Crippen LogP contribution in [0.2, 0.25) is 0 Å². The van der Waals surface area contributed by atoms with Crippen LogP contribution >= 0.6 is 7.82 Å². The van der Waals surface area contributed by atoms with Gasteiger partial charge in [-0.2, -0.15) is 0 Å². The molecule has 0 atom stereocenters. The van der Waals surface area contributed by atoms with E-state index in [9.17, 15) is 19.0 Å². The summed E-state index contributed by atoms with van der Waals surface area (Å²) in [5.41, 5.74) is 0.531. The van der Waals surface area contributed by atoms with Gasteiger partial charge in [0, 0.05) is 0 Å². The minimum Gasteiger partial charge on any atom is -1.00 e. The van der Waals surface area contributed by atoms with E-state index in [4.69, 9.17) is 9.05 Å². The van der Waals surface area contributed by atoms with Crippen LogP contribution in [0, 0.1) is 0 Å². The number of phosphoric acid groups is 1. The van der Waals surface area contributed by atoms with Crippen LogP contribution in [0.4, 0.5) is 0 Å². The predicted molar refractivity (Wildman–Crippen MR) is 87.8 cm³/mol. The van der Waals surface area contributed by atoms with Crippen molar-refractivity contribution in [1.29, 1.82) is 0 Å². The second kappa shape index (κ2) is 9.75. The Morgan fingerprint density at radius 1 is 0.808 bits per heavy atom. The molecule has 0 amide bonds. The van der Waals surface area contributed by atoms with Gasteiger partial charge in [-0.15, -0.1) is 0 Å². The molecule has 10 heteroatoms. The number of carbonyl (C=O) groups is 2. The van der Waals surface area contributed by atoms with Gasteiger partial charge in [0.05, 0.1) is 25.3 Å². The van der Waals surface area contributed by atoms with Crippen LogP contribution in [0.25, 0.3) is 0 Å². The van der Waals surface area contributed by atoms with Crippen molar-refractivity contribution in [2.24, 2.45) is 0 Å². The first kappa shape index (κ1) is 22.2. The largest absolute Gasteiger partial charge is 1.00 e. The van der Waals surface area contributed by atoms with E-state index >= 15 is 0 Å². The van der Waals surface area contributed by atoms with Crippen LogP contribution in [-0.2, 0) is 14.0 Å². The molecular formula is C16H16NaO8P. The Labute approximate surface area is 173 Å². The van der Waals surface area contributed by atoms with Crippen molar-refractivity contribution in [3.63, 3.8) is 0 Å². The maximum absolute atomic E-state index is 12.0. The average Bonchev–Trinajstić information content (AvgIpc) is 2.61. The molecule has 0 radical (unpaired) electrons. The first-order valence-corrected chi connectivity index (χ1v) is 8.43. The summed E-state index contributed by atoms with van der Waals surface area (Å²) < 4.78 is 31.0. The molecule has 0 saturated carbocycles.